The number of carbonyl (C=O) groups excluding carboxylic acids is 1. The largest absolute Gasteiger partial charge is 1.00 e. The molecular weight excluding hydrogens is 924 g/mol. The molecule has 0 aromatic heterocycles. The van der Waals surface area contributed by atoms with Crippen molar-refractivity contribution in [2.24, 2.45) is 0 Å². The minimum atomic E-state index is -0.157. The molecule has 0 amide bonds. The van der Waals surface area contributed by atoms with Gasteiger partial charge in [-0.25, -0.2) is 0 Å². The number of nitrogens with zero attached hydrogens (tertiary/aromatic N) is 2. The van der Waals surface area contributed by atoms with Crippen molar-refractivity contribution < 1.29 is 78.4 Å². The van der Waals surface area contributed by atoms with Crippen LogP contribution in [0.4, 0.5) is 0 Å². The van der Waals surface area contributed by atoms with Gasteiger partial charge in [-0.3, -0.25) is 9.69 Å². The standard InChI is InChI=1S/C52H105N2O12.BrH/c1-4-6-8-10-11-12-13-14-15-16-17-18-19-20-21-23-31-56-32-33-57-34-35-58-36-37-59-38-39-60-40-41-61-42-43-62-44-45-63-46-47-64-48-49-65-50-51-66-52(55)24-25-53-26-29-54(3,30-27-53)28-22-9-7-5-2;/h4-51H2,1-3H3;1H/q+1;/p-1. The van der Waals surface area contributed by atoms with Crippen LogP contribution in [0.1, 0.15) is 149 Å². The number of rotatable bonds is 55. The van der Waals surface area contributed by atoms with E-state index in [0.29, 0.717) is 132 Å². The third kappa shape index (κ3) is 50.2. The van der Waals surface area contributed by atoms with Gasteiger partial charge in [0.15, 0.2) is 0 Å². The van der Waals surface area contributed by atoms with Crippen LogP contribution in [0.5, 0.6) is 0 Å². The minimum Gasteiger partial charge on any atom is -1.00 e. The molecule has 0 spiro atoms. The molecule has 15 heteroatoms. The second-order valence-electron chi connectivity index (χ2n) is 18.1. The highest BCUT2D eigenvalue weighted by atomic mass is 79.9. The third-order valence-electron chi connectivity index (χ3n) is 12.1. The summed E-state index contributed by atoms with van der Waals surface area (Å²) in [5, 5.41) is 0. The van der Waals surface area contributed by atoms with Gasteiger partial charge in [0.25, 0.3) is 0 Å². The lowest BCUT2D eigenvalue weighted by Gasteiger charge is -2.42. The Balaban J connectivity index is 0.0000436. The Morgan fingerprint density at radius 3 is 0.970 bits per heavy atom. The third-order valence-corrected chi connectivity index (χ3v) is 12.1. The highest BCUT2D eigenvalue weighted by Gasteiger charge is 2.28. The van der Waals surface area contributed by atoms with Gasteiger partial charge in [-0.15, -0.1) is 0 Å². The van der Waals surface area contributed by atoms with Crippen molar-refractivity contribution in [2.45, 2.75) is 149 Å². The highest BCUT2D eigenvalue weighted by molar-refractivity contribution is 5.69. The van der Waals surface area contributed by atoms with Crippen molar-refractivity contribution in [3.8, 4) is 0 Å². The number of halogens is 1. The maximum Gasteiger partial charge on any atom is 0.307 e. The van der Waals surface area contributed by atoms with Crippen molar-refractivity contribution in [3.05, 3.63) is 0 Å². The molecule has 14 nitrogen and oxygen atoms in total. The zero-order valence-corrected chi connectivity index (χ0v) is 45.2. The lowest BCUT2D eigenvalue weighted by atomic mass is 10.0. The molecule has 0 aromatic rings. The van der Waals surface area contributed by atoms with Gasteiger partial charge in [-0.2, -0.15) is 0 Å². The van der Waals surface area contributed by atoms with Gasteiger partial charge in [0.2, 0.25) is 0 Å². The fourth-order valence-electron chi connectivity index (χ4n) is 7.73. The summed E-state index contributed by atoms with van der Waals surface area (Å²) in [7, 11) is 2.38. The van der Waals surface area contributed by atoms with Crippen molar-refractivity contribution >= 4 is 5.97 Å². The van der Waals surface area contributed by atoms with Crippen LogP contribution in [0.3, 0.4) is 0 Å². The molecule has 1 fully saturated rings. The lowest BCUT2D eigenvalue weighted by Crippen LogP contribution is -3.00. The number of hydrogen-bond donors (Lipinski definition) is 0. The fraction of sp³-hybridized carbons (Fsp3) is 0.981. The first-order valence-electron chi connectivity index (χ1n) is 27.1. The molecule has 1 saturated heterocycles. The summed E-state index contributed by atoms with van der Waals surface area (Å²) in [5.41, 5.74) is 0. The van der Waals surface area contributed by atoms with E-state index in [0.717, 1.165) is 50.2 Å². The second kappa shape index (κ2) is 54.8. The predicted molar refractivity (Wildman–Crippen MR) is 265 cm³/mol. The summed E-state index contributed by atoms with van der Waals surface area (Å²) < 4.78 is 62.1. The van der Waals surface area contributed by atoms with Crippen LogP contribution < -0.4 is 17.0 Å². The molecule has 1 heterocycles. The van der Waals surface area contributed by atoms with E-state index in [4.69, 9.17) is 52.1 Å². The van der Waals surface area contributed by atoms with Gasteiger partial charge in [-0.05, 0) is 19.3 Å². The Bertz CT molecular complexity index is 970. The zero-order valence-electron chi connectivity index (χ0n) is 43.6. The number of hydrogen-bond acceptors (Lipinski definition) is 13. The SMILES string of the molecule is CCCCCCCCCCCCCCCCCCOCCOCCOCCOCCOCCOCCOCCOCCOCCOCCOC(=O)CCN1CC[N+](C)(CCCCCC)CC1.[Br-]. The average Bonchev–Trinajstić information content (AvgIpc) is 3.32. The Kier molecular flexibility index (Phi) is 54.4. The van der Waals surface area contributed by atoms with Crippen LogP contribution in [0.2, 0.25) is 0 Å². The Morgan fingerprint density at radius 2 is 0.642 bits per heavy atom. The summed E-state index contributed by atoms with van der Waals surface area (Å²) >= 11 is 0. The van der Waals surface area contributed by atoms with E-state index in [1.54, 1.807) is 0 Å². The number of ether oxygens (including phenoxy) is 11. The molecular formula is C52H105BrN2O12. The molecule has 1 aliphatic heterocycles. The average molecular weight is 1030 g/mol. The summed E-state index contributed by atoms with van der Waals surface area (Å²) in [5.74, 6) is -0.157. The molecule has 0 atom stereocenters. The number of esters is 1. The van der Waals surface area contributed by atoms with E-state index in [1.165, 1.54) is 129 Å². The summed E-state index contributed by atoms with van der Waals surface area (Å²) in [6.45, 7) is 21.9. The first-order chi connectivity index (χ1) is 32.6. The van der Waals surface area contributed by atoms with Gasteiger partial charge in [0.1, 0.15) is 6.61 Å². The van der Waals surface area contributed by atoms with Crippen LogP contribution in [-0.4, -0.2) is 200 Å². The summed E-state index contributed by atoms with van der Waals surface area (Å²) in [6.07, 6.45) is 27.9. The molecule has 0 aliphatic carbocycles. The smallest absolute Gasteiger partial charge is 0.307 e. The van der Waals surface area contributed by atoms with Crippen molar-refractivity contribution in [2.75, 3.05) is 185 Å². The monoisotopic (exact) mass is 1030 g/mol. The normalized spacial score (nSPS) is 13.9. The molecule has 1 aliphatic rings. The number of quaternary nitrogens is 1. The van der Waals surface area contributed by atoms with Crippen molar-refractivity contribution in [1.29, 1.82) is 0 Å². The van der Waals surface area contributed by atoms with Gasteiger partial charge in [0, 0.05) is 26.2 Å². The van der Waals surface area contributed by atoms with E-state index >= 15 is 0 Å². The van der Waals surface area contributed by atoms with Crippen LogP contribution in [0, 0.1) is 0 Å². The van der Waals surface area contributed by atoms with E-state index in [1.807, 2.05) is 0 Å². The lowest BCUT2D eigenvalue weighted by molar-refractivity contribution is -0.913. The van der Waals surface area contributed by atoms with Gasteiger partial charge < -0.3 is 73.6 Å². The Morgan fingerprint density at radius 1 is 0.373 bits per heavy atom. The first kappa shape index (κ1) is 66.5. The van der Waals surface area contributed by atoms with E-state index < -0.39 is 0 Å². The number of piperazine rings is 1. The number of carbonyl (C=O) groups is 1. The molecule has 0 unspecified atom stereocenters. The van der Waals surface area contributed by atoms with Crippen LogP contribution in [0.15, 0.2) is 0 Å². The van der Waals surface area contributed by atoms with E-state index in [2.05, 4.69) is 25.8 Å². The van der Waals surface area contributed by atoms with Crippen LogP contribution >= 0.6 is 0 Å². The van der Waals surface area contributed by atoms with Gasteiger partial charge >= 0.3 is 5.97 Å². The Labute approximate surface area is 421 Å². The molecule has 0 bridgehead atoms. The summed E-state index contributed by atoms with van der Waals surface area (Å²) in [6, 6.07) is 0. The minimum absolute atomic E-state index is 0. The number of unbranched alkanes of at least 4 members (excludes halogenated alkanes) is 18. The van der Waals surface area contributed by atoms with Crippen LogP contribution in [-0.2, 0) is 56.9 Å². The van der Waals surface area contributed by atoms with Crippen molar-refractivity contribution in [1.82, 2.24) is 4.90 Å². The summed E-state index contributed by atoms with van der Waals surface area (Å²) in [4.78, 5) is 14.5. The number of likely N-dealkylation sites (N-methyl/N-ethyl adjacent to an activating group) is 1. The topological polar surface area (TPSA) is 122 Å². The molecule has 67 heavy (non-hydrogen) atoms. The van der Waals surface area contributed by atoms with Gasteiger partial charge in [0.05, 0.1) is 159 Å². The molecule has 0 saturated carbocycles. The fourth-order valence-corrected chi connectivity index (χ4v) is 7.73. The van der Waals surface area contributed by atoms with E-state index in [9.17, 15) is 4.79 Å². The maximum absolute atomic E-state index is 12.1. The van der Waals surface area contributed by atoms with E-state index in [-0.39, 0.29) is 29.6 Å². The quantitative estimate of drug-likeness (QED) is 0.0422. The molecule has 1 rings (SSSR count). The molecule has 0 radical (unpaired) electrons. The Hall–Kier alpha value is -0.530. The molecule has 0 N–H and O–H groups in total. The van der Waals surface area contributed by atoms with Crippen molar-refractivity contribution in [3.63, 3.8) is 0 Å². The molecule has 0 aromatic carbocycles. The van der Waals surface area contributed by atoms with Gasteiger partial charge in [-0.1, -0.05) is 123 Å². The zero-order chi connectivity index (χ0) is 47.4. The first-order valence-corrected chi connectivity index (χ1v) is 27.1. The molecule has 402 valence electrons. The maximum atomic E-state index is 12.1. The highest BCUT2D eigenvalue weighted by Crippen LogP contribution is 2.15. The van der Waals surface area contributed by atoms with Crippen LogP contribution in [0.25, 0.3) is 0 Å². The second-order valence-corrected chi connectivity index (χ2v) is 18.1. The predicted octanol–water partition coefficient (Wildman–Crippen LogP) is 5.69.